The highest BCUT2D eigenvalue weighted by atomic mass is 127. The largest absolute Gasteiger partial charge is 0.299 e. The van der Waals surface area contributed by atoms with Crippen molar-refractivity contribution in [1.82, 2.24) is 0 Å². The molecular formula is C28H29IO4S2. The van der Waals surface area contributed by atoms with Crippen molar-refractivity contribution in [2.75, 3.05) is 5.75 Å². The second-order valence-corrected chi connectivity index (χ2v) is 15.8. The van der Waals surface area contributed by atoms with Crippen LogP contribution < -0.4 is 0 Å². The van der Waals surface area contributed by atoms with Crippen LogP contribution in [0.15, 0.2) is 99.6 Å². The number of ketones is 1. The summed E-state index contributed by atoms with van der Waals surface area (Å²) in [6, 6.07) is 27.1. The molecule has 0 N–H and O–H groups in total. The zero-order chi connectivity index (χ0) is 24.9. The molecule has 0 amide bonds. The lowest BCUT2D eigenvalue weighted by molar-refractivity contribution is -0.128. The van der Waals surface area contributed by atoms with Gasteiger partial charge in [0.05, 0.1) is 11.2 Å². The minimum atomic E-state index is -4.11. The number of halogens is 1. The molecule has 2 aliphatic carbocycles. The Labute approximate surface area is 223 Å². The average molecular weight is 621 g/mol. The number of Topliss-reactive ketones (excluding diaryl/α,β-unsaturated/α-hetero) is 1. The number of hydrogen-bond acceptors (Lipinski definition) is 4. The van der Waals surface area contributed by atoms with Crippen molar-refractivity contribution in [2.24, 2.45) is 16.7 Å². The minimum Gasteiger partial charge on any atom is -0.299 e. The molecule has 0 radical (unpaired) electrons. The van der Waals surface area contributed by atoms with E-state index in [4.69, 9.17) is 3.63 Å². The first kappa shape index (κ1) is 25.0. The molecule has 0 aliphatic heterocycles. The molecule has 2 saturated carbocycles. The van der Waals surface area contributed by atoms with Crippen molar-refractivity contribution in [2.45, 2.75) is 47.8 Å². The fourth-order valence-electron chi connectivity index (χ4n) is 5.97. The smallest absolute Gasteiger partial charge is 0.278 e. The van der Waals surface area contributed by atoms with Crippen LogP contribution in [0.2, 0.25) is 0 Å². The van der Waals surface area contributed by atoms with Gasteiger partial charge < -0.3 is 0 Å². The van der Waals surface area contributed by atoms with Crippen molar-refractivity contribution in [3.05, 3.63) is 88.5 Å². The molecule has 4 nitrogen and oxygen atoms in total. The predicted octanol–water partition coefficient (Wildman–Crippen LogP) is 7.23. The zero-order valence-corrected chi connectivity index (χ0v) is 23.6. The molecule has 3 aromatic carbocycles. The number of carbonyl (C=O) groups is 1. The van der Waals surface area contributed by atoms with Crippen LogP contribution in [0.3, 0.4) is 0 Å². The third kappa shape index (κ3) is 4.08. The third-order valence-corrected chi connectivity index (χ3v) is 14.1. The molecule has 0 spiro atoms. The summed E-state index contributed by atoms with van der Waals surface area (Å²) >= 11 is 2.25. The molecular weight excluding hydrogens is 591 g/mol. The summed E-state index contributed by atoms with van der Waals surface area (Å²) < 4.78 is 35.6. The Hall–Kier alpha value is -1.68. The Morgan fingerprint density at radius 3 is 1.83 bits per heavy atom. The number of fused-ring (bicyclic) bond motifs is 2. The lowest BCUT2D eigenvalue weighted by atomic mass is 9.70. The molecule has 0 heterocycles. The summed E-state index contributed by atoms with van der Waals surface area (Å²) in [4.78, 5) is 15.6. The van der Waals surface area contributed by atoms with Crippen LogP contribution in [-0.2, 0) is 18.5 Å². The zero-order valence-electron chi connectivity index (χ0n) is 19.8. The first-order valence-corrected chi connectivity index (χ1v) is 16.0. The van der Waals surface area contributed by atoms with E-state index in [9.17, 15) is 13.2 Å². The molecule has 7 heteroatoms. The topological polar surface area (TPSA) is 60.4 Å². The number of hydrogen-bond donors (Lipinski definition) is 0. The van der Waals surface area contributed by atoms with Crippen molar-refractivity contribution in [3.63, 3.8) is 0 Å². The van der Waals surface area contributed by atoms with E-state index in [1.165, 1.54) is 0 Å². The number of benzene rings is 3. The SMILES string of the molecule is CC1(C)C2CCC1(CS(=O)(=O)OS(c1ccccc1)(c1ccccc1)c1ccc(I)cc1)C(=O)C2. The molecule has 184 valence electrons. The van der Waals surface area contributed by atoms with Crippen molar-refractivity contribution >= 4 is 48.8 Å². The quantitative estimate of drug-likeness (QED) is 0.262. The maximum Gasteiger partial charge on any atom is 0.278 e. The Morgan fingerprint density at radius 1 is 0.857 bits per heavy atom. The molecule has 2 bridgehead atoms. The van der Waals surface area contributed by atoms with E-state index in [1.54, 1.807) is 0 Å². The Bertz CT molecular complexity index is 1300. The summed E-state index contributed by atoms with van der Waals surface area (Å²) in [5.41, 5.74) is -1.25. The minimum absolute atomic E-state index is 0.0696. The van der Waals surface area contributed by atoms with Gasteiger partial charge in [0, 0.05) is 24.7 Å². The van der Waals surface area contributed by atoms with Gasteiger partial charge >= 0.3 is 0 Å². The molecule has 2 aliphatic rings. The van der Waals surface area contributed by atoms with Crippen LogP contribution in [0.4, 0.5) is 0 Å². The van der Waals surface area contributed by atoms with Gasteiger partial charge in [0.1, 0.15) is 5.78 Å². The summed E-state index contributed by atoms with van der Waals surface area (Å²) in [5.74, 6) is 0.0307. The second-order valence-electron chi connectivity index (χ2n) is 10.1. The molecule has 0 saturated heterocycles. The van der Waals surface area contributed by atoms with Gasteiger partial charge in [-0.15, -0.1) is 0 Å². The van der Waals surface area contributed by atoms with Crippen molar-refractivity contribution in [3.8, 4) is 0 Å². The fraction of sp³-hybridized carbons (Fsp3) is 0.321. The Morgan fingerprint density at radius 2 is 1.37 bits per heavy atom. The first-order valence-electron chi connectivity index (χ1n) is 11.8. The van der Waals surface area contributed by atoms with E-state index in [-0.39, 0.29) is 22.9 Å². The Balaban J connectivity index is 1.68. The molecule has 3 aromatic rings. The lowest BCUT2D eigenvalue weighted by Gasteiger charge is -2.41. The van der Waals surface area contributed by atoms with E-state index in [0.717, 1.165) is 24.7 Å². The highest BCUT2D eigenvalue weighted by Gasteiger charge is 2.65. The van der Waals surface area contributed by atoms with Gasteiger partial charge in [-0.1, -0.05) is 50.2 Å². The van der Waals surface area contributed by atoms with Crippen LogP contribution in [0.25, 0.3) is 0 Å². The molecule has 0 aromatic heterocycles. The summed E-state index contributed by atoms with van der Waals surface area (Å²) in [7, 11) is -6.74. The van der Waals surface area contributed by atoms with E-state index >= 15 is 0 Å². The van der Waals surface area contributed by atoms with Gasteiger partial charge in [0.25, 0.3) is 10.1 Å². The number of carbonyl (C=O) groups excluding carboxylic acids is 1. The number of rotatable bonds is 7. The Kier molecular flexibility index (Phi) is 6.43. The van der Waals surface area contributed by atoms with Gasteiger partial charge in [-0.3, -0.25) is 4.79 Å². The summed E-state index contributed by atoms with van der Waals surface area (Å²) in [6.45, 7) is 4.11. The maximum absolute atomic E-state index is 14.0. The van der Waals surface area contributed by atoms with Crippen LogP contribution in [0.1, 0.15) is 33.1 Å². The van der Waals surface area contributed by atoms with Gasteiger partial charge in [0.15, 0.2) is 0 Å². The fourth-order valence-corrected chi connectivity index (χ4v) is 12.4. The summed E-state index contributed by atoms with van der Waals surface area (Å²) in [5, 5.41) is 0. The predicted molar refractivity (Wildman–Crippen MR) is 148 cm³/mol. The van der Waals surface area contributed by atoms with Crippen LogP contribution in [0.5, 0.6) is 0 Å². The van der Waals surface area contributed by atoms with Gasteiger partial charge in [-0.2, -0.15) is 8.42 Å². The maximum atomic E-state index is 14.0. The third-order valence-electron chi connectivity index (χ3n) is 8.06. The second kappa shape index (κ2) is 9.01. The lowest BCUT2D eigenvalue weighted by Crippen LogP contribution is -2.42. The molecule has 35 heavy (non-hydrogen) atoms. The normalized spacial score (nSPS) is 24.0. The highest BCUT2D eigenvalue weighted by Crippen LogP contribution is 2.71. The van der Waals surface area contributed by atoms with Crippen molar-refractivity contribution in [1.29, 1.82) is 0 Å². The van der Waals surface area contributed by atoms with E-state index < -0.39 is 25.8 Å². The molecule has 5 rings (SSSR count). The molecule has 2 fully saturated rings. The van der Waals surface area contributed by atoms with Crippen LogP contribution >= 0.6 is 32.9 Å². The molecule has 2 unspecified atom stereocenters. The van der Waals surface area contributed by atoms with Gasteiger partial charge in [0.2, 0.25) is 0 Å². The standard InChI is InChI=1S/C28H29IO4S2/c1-27(2)21-17-18-28(27,26(30)19-21)20-34(31,32)33-35(23-9-5-3-6-10-23,24-11-7-4-8-12-24)25-15-13-22(29)14-16-25/h3-16,21H,17-20H2,1-2H3. The summed E-state index contributed by atoms with van der Waals surface area (Å²) in [6.07, 6.45) is 1.96. The van der Waals surface area contributed by atoms with Gasteiger partial charge in [-0.05, 0) is 106 Å². The average Bonchev–Trinajstić information content (AvgIpc) is 3.18. The van der Waals surface area contributed by atoms with Crippen molar-refractivity contribution < 1.29 is 16.8 Å². The van der Waals surface area contributed by atoms with E-state index in [0.29, 0.717) is 12.8 Å². The molecule has 2 atom stereocenters. The van der Waals surface area contributed by atoms with Gasteiger partial charge in [-0.25, -0.2) is 3.63 Å². The highest BCUT2D eigenvalue weighted by molar-refractivity contribution is 14.1. The van der Waals surface area contributed by atoms with E-state index in [2.05, 4.69) is 36.4 Å². The monoisotopic (exact) mass is 620 g/mol. The van der Waals surface area contributed by atoms with E-state index in [1.807, 2.05) is 84.9 Å². The van der Waals surface area contributed by atoms with Crippen LogP contribution in [0, 0.1) is 20.3 Å². The van der Waals surface area contributed by atoms with Crippen LogP contribution in [-0.4, -0.2) is 20.0 Å². The first-order chi connectivity index (χ1) is 16.6.